The number of aryl methyl sites for hydroxylation is 2. The Morgan fingerprint density at radius 3 is 2.73 bits per heavy atom. The second-order valence-electron chi connectivity index (χ2n) is 4.66. The molecule has 0 radical (unpaired) electrons. The minimum Gasteiger partial charge on any atom is -0.381 e. The highest BCUT2D eigenvalue weighted by Crippen LogP contribution is 2.24. The molecule has 1 aliphatic rings. The molecular weight excluding hydrogens is 184 g/mol. The average Bonchev–Trinajstić information content (AvgIpc) is 2.58. The van der Waals surface area contributed by atoms with E-state index >= 15 is 0 Å². The van der Waals surface area contributed by atoms with Crippen LogP contribution in [0.4, 0.5) is 5.69 Å². The maximum atomic E-state index is 6.05. The van der Waals surface area contributed by atoms with Crippen molar-refractivity contribution >= 4 is 5.69 Å². The van der Waals surface area contributed by atoms with Crippen molar-refractivity contribution in [3.05, 3.63) is 29.3 Å². The Morgan fingerprint density at radius 2 is 2.07 bits per heavy atom. The van der Waals surface area contributed by atoms with Crippen LogP contribution in [0.3, 0.4) is 0 Å². The van der Waals surface area contributed by atoms with Gasteiger partial charge in [-0.25, -0.2) is 0 Å². The summed E-state index contributed by atoms with van der Waals surface area (Å²) < 4.78 is 0. The minimum atomic E-state index is 0.324. The van der Waals surface area contributed by atoms with E-state index in [-0.39, 0.29) is 0 Å². The number of nitrogens with one attached hydrogen (secondary N) is 1. The van der Waals surface area contributed by atoms with Gasteiger partial charge >= 0.3 is 0 Å². The molecule has 0 heterocycles. The molecule has 2 rings (SSSR count). The van der Waals surface area contributed by atoms with Crippen molar-refractivity contribution in [1.29, 1.82) is 0 Å². The highest BCUT2D eigenvalue weighted by Gasteiger charge is 2.23. The van der Waals surface area contributed by atoms with Gasteiger partial charge < -0.3 is 11.1 Å². The molecule has 3 N–H and O–H groups in total. The summed E-state index contributed by atoms with van der Waals surface area (Å²) in [4.78, 5) is 0. The number of anilines is 1. The fourth-order valence-electron chi connectivity index (χ4n) is 2.26. The van der Waals surface area contributed by atoms with Crippen LogP contribution >= 0.6 is 0 Å². The van der Waals surface area contributed by atoms with Crippen LogP contribution in [-0.2, 0) is 0 Å². The Morgan fingerprint density at radius 1 is 1.27 bits per heavy atom. The normalized spacial score (nSPS) is 25.5. The number of hydrogen-bond donors (Lipinski definition) is 2. The molecule has 0 aliphatic heterocycles. The molecule has 2 heteroatoms. The Kier molecular flexibility index (Phi) is 2.96. The van der Waals surface area contributed by atoms with Gasteiger partial charge in [-0.1, -0.05) is 12.1 Å². The van der Waals surface area contributed by atoms with E-state index in [0.717, 1.165) is 6.42 Å². The zero-order chi connectivity index (χ0) is 10.8. The lowest BCUT2D eigenvalue weighted by molar-refractivity contribution is 0.637. The van der Waals surface area contributed by atoms with Crippen molar-refractivity contribution in [1.82, 2.24) is 0 Å². The maximum Gasteiger partial charge on any atom is 0.0412 e. The van der Waals surface area contributed by atoms with E-state index in [1.54, 1.807) is 0 Å². The minimum absolute atomic E-state index is 0.324. The monoisotopic (exact) mass is 204 g/mol. The van der Waals surface area contributed by atoms with Crippen LogP contribution in [0.25, 0.3) is 0 Å². The SMILES string of the molecule is Cc1ccc(C)c(N[C@@H]2CCC[C@@H]2N)c1. The van der Waals surface area contributed by atoms with E-state index in [9.17, 15) is 0 Å². The fraction of sp³-hybridized carbons (Fsp3) is 0.538. The highest BCUT2D eigenvalue weighted by atomic mass is 15.0. The smallest absolute Gasteiger partial charge is 0.0412 e. The molecular formula is C13H20N2. The van der Waals surface area contributed by atoms with Gasteiger partial charge in [0.2, 0.25) is 0 Å². The Hall–Kier alpha value is -1.02. The molecule has 0 spiro atoms. The molecule has 1 saturated carbocycles. The Balaban J connectivity index is 2.12. The van der Waals surface area contributed by atoms with Crippen molar-refractivity contribution in [3.8, 4) is 0 Å². The first kappa shape index (κ1) is 10.5. The molecule has 1 aromatic rings. The molecule has 1 aliphatic carbocycles. The summed E-state index contributed by atoms with van der Waals surface area (Å²) in [7, 11) is 0. The largest absolute Gasteiger partial charge is 0.381 e. The highest BCUT2D eigenvalue weighted by molar-refractivity contribution is 5.53. The average molecular weight is 204 g/mol. The van der Waals surface area contributed by atoms with E-state index in [0.29, 0.717) is 12.1 Å². The van der Waals surface area contributed by atoms with Crippen molar-refractivity contribution in [2.75, 3.05) is 5.32 Å². The summed E-state index contributed by atoms with van der Waals surface area (Å²) in [5, 5.41) is 3.57. The first-order chi connectivity index (χ1) is 7.16. The van der Waals surface area contributed by atoms with Crippen molar-refractivity contribution < 1.29 is 0 Å². The van der Waals surface area contributed by atoms with E-state index in [1.165, 1.54) is 29.7 Å². The molecule has 0 aromatic heterocycles. The zero-order valence-electron chi connectivity index (χ0n) is 9.59. The van der Waals surface area contributed by atoms with Gasteiger partial charge in [0.1, 0.15) is 0 Å². The van der Waals surface area contributed by atoms with Crippen molar-refractivity contribution in [2.45, 2.75) is 45.2 Å². The van der Waals surface area contributed by atoms with Crippen molar-refractivity contribution in [2.24, 2.45) is 5.73 Å². The topological polar surface area (TPSA) is 38.0 Å². The summed E-state index contributed by atoms with van der Waals surface area (Å²) in [6.07, 6.45) is 3.61. The van der Waals surface area contributed by atoms with Crippen LogP contribution in [0.2, 0.25) is 0 Å². The van der Waals surface area contributed by atoms with E-state index in [1.807, 2.05) is 0 Å². The van der Waals surface area contributed by atoms with E-state index in [2.05, 4.69) is 37.4 Å². The zero-order valence-corrected chi connectivity index (χ0v) is 9.59. The van der Waals surface area contributed by atoms with Crippen LogP contribution in [0.5, 0.6) is 0 Å². The number of benzene rings is 1. The molecule has 0 saturated heterocycles. The third-order valence-electron chi connectivity index (χ3n) is 3.30. The van der Waals surface area contributed by atoms with Gasteiger partial charge in [-0.15, -0.1) is 0 Å². The van der Waals surface area contributed by atoms with Crippen LogP contribution in [-0.4, -0.2) is 12.1 Å². The van der Waals surface area contributed by atoms with Gasteiger partial charge in [-0.3, -0.25) is 0 Å². The predicted molar refractivity (Wildman–Crippen MR) is 65.2 cm³/mol. The van der Waals surface area contributed by atoms with Gasteiger partial charge in [0.15, 0.2) is 0 Å². The summed E-state index contributed by atoms with van der Waals surface area (Å²) in [6, 6.07) is 7.31. The molecule has 1 fully saturated rings. The second-order valence-corrected chi connectivity index (χ2v) is 4.66. The quantitative estimate of drug-likeness (QED) is 0.777. The fourth-order valence-corrected chi connectivity index (χ4v) is 2.26. The van der Waals surface area contributed by atoms with Gasteiger partial charge in [-0.05, 0) is 50.3 Å². The van der Waals surface area contributed by atoms with Crippen LogP contribution in [0, 0.1) is 13.8 Å². The number of hydrogen-bond acceptors (Lipinski definition) is 2. The standard InChI is InChI=1S/C13H20N2/c1-9-6-7-10(2)13(8-9)15-12-5-3-4-11(12)14/h6-8,11-12,15H,3-5,14H2,1-2H3/t11-,12+/m0/s1. The molecule has 0 amide bonds. The van der Waals surface area contributed by atoms with Gasteiger partial charge in [0.25, 0.3) is 0 Å². The Labute approximate surface area is 91.9 Å². The molecule has 0 unspecified atom stereocenters. The van der Waals surface area contributed by atoms with Gasteiger partial charge in [0, 0.05) is 17.8 Å². The summed E-state index contributed by atoms with van der Waals surface area (Å²) in [5.74, 6) is 0. The van der Waals surface area contributed by atoms with Crippen LogP contribution in [0.15, 0.2) is 18.2 Å². The first-order valence-electron chi connectivity index (χ1n) is 5.76. The number of rotatable bonds is 2. The Bertz CT molecular complexity index is 346. The molecule has 2 nitrogen and oxygen atoms in total. The van der Waals surface area contributed by atoms with Crippen molar-refractivity contribution in [3.63, 3.8) is 0 Å². The van der Waals surface area contributed by atoms with Crippen LogP contribution in [0.1, 0.15) is 30.4 Å². The molecule has 0 bridgehead atoms. The lowest BCUT2D eigenvalue weighted by Crippen LogP contribution is -2.35. The predicted octanol–water partition coefficient (Wildman–Crippen LogP) is 2.60. The summed E-state index contributed by atoms with van der Waals surface area (Å²) in [6.45, 7) is 4.27. The third-order valence-corrected chi connectivity index (χ3v) is 3.30. The molecule has 82 valence electrons. The molecule has 15 heavy (non-hydrogen) atoms. The van der Waals surface area contributed by atoms with Gasteiger partial charge in [-0.2, -0.15) is 0 Å². The lowest BCUT2D eigenvalue weighted by atomic mass is 10.1. The molecule has 1 aromatic carbocycles. The third kappa shape index (κ3) is 2.32. The first-order valence-corrected chi connectivity index (χ1v) is 5.76. The van der Waals surface area contributed by atoms with Crippen LogP contribution < -0.4 is 11.1 Å². The maximum absolute atomic E-state index is 6.05. The van der Waals surface area contributed by atoms with Gasteiger partial charge in [0.05, 0.1) is 0 Å². The molecule has 2 atom stereocenters. The summed E-state index contributed by atoms with van der Waals surface area (Å²) in [5.41, 5.74) is 9.91. The number of nitrogens with two attached hydrogens (primary N) is 1. The van der Waals surface area contributed by atoms with E-state index in [4.69, 9.17) is 5.73 Å². The van der Waals surface area contributed by atoms with E-state index < -0.39 is 0 Å². The second kappa shape index (κ2) is 4.23. The lowest BCUT2D eigenvalue weighted by Gasteiger charge is -2.20. The summed E-state index contributed by atoms with van der Waals surface area (Å²) >= 11 is 0.